The van der Waals surface area contributed by atoms with E-state index in [0.29, 0.717) is 0 Å². The van der Waals surface area contributed by atoms with Crippen LogP contribution in [0, 0.1) is 0 Å². The fraction of sp³-hybridized carbons (Fsp3) is 0.444. The molecular formula is C9H12N2OS2. The van der Waals surface area contributed by atoms with Crippen LogP contribution in [-0.2, 0) is 6.54 Å². The predicted molar refractivity (Wildman–Crippen MR) is 61.9 cm³/mol. The highest BCUT2D eigenvalue weighted by Gasteiger charge is 2.19. The molecule has 1 aromatic rings. The summed E-state index contributed by atoms with van der Waals surface area (Å²) in [6.45, 7) is 1.65. The van der Waals surface area contributed by atoms with E-state index in [2.05, 4.69) is 16.8 Å². The molecule has 0 unspecified atom stereocenters. The second-order valence-corrected chi connectivity index (χ2v) is 4.89. The Kier molecular flexibility index (Phi) is 3.10. The van der Waals surface area contributed by atoms with Crippen LogP contribution in [0.3, 0.4) is 0 Å². The van der Waals surface area contributed by atoms with Crippen LogP contribution in [0.5, 0.6) is 0 Å². The first kappa shape index (κ1) is 10.0. The molecule has 0 atom stereocenters. The van der Waals surface area contributed by atoms with Crippen molar-refractivity contribution in [2.45, 2.75) is 6.54 Å². The van der Waals surface area contributed by atoms with Crippen LogP contribution in [0.15, 0.2) is 22.8 Å². The van der Waals surface area contributed by atoms with Crippen LogP contribution in [-0.4, -0.2) is 33.7 Å². The summed E-state index contributed by atoms with van der Waals surface area (Å²) in [6, 6.07) is 3.88. The highest BCUT2D eigenvalue weighted by Crippen LogP contribution is 2.19. The standard InChI is InChI=1S/C9H12N2OS2/c1-10-6-11(9(13)14-7-10)5-8-3-2-4-12-8/h2-4H,5-7H2,1H3. The zero-order valence-electron chi connectivity index (χ0n) is 7.97. The van der Waals surface area contributed by atoms with E-state index in [-0.39, 0.29) is 0 Å². The molecule has 0 spiro atoms. The van der Waals surface area contributed by atoms with Crippen LogP contribution < -0.4 is 0 Å². The molecule has 2 heterocycles. The molecule has 0 N–H and O–H groups in total. The van der Waals surface area contributed by atoms with E-state index in [9.17, 15) is 0 Å². The van der Waals surface area contributed by atoms with Gasteiger partial charge in [0, 0.05) is 0 Å². The maximum atomic E-state index is 5.29. The Hall–Kier alpha value is -0.520. The summed E-state index contributed by atoms with van der Waals surface area (Å²) in [5, 5.41) is 0. The van der Waals surface area contributed by atoms with Crippen molar-refractivity contribution >= 4 is 28.3 Å². The van der Waals surface area contributed by atoms with Gasteiger partial charge in [-0.25, -0.2) is 0 Å². The maximum absolute atomic E-state index is 5.29. The van der Waals surface area contributed by atoms with Crippen LogP contribution >= 0.6 is 24.0 Å². The van der Waals surface area contributed by atoms with Crippen molar-refractivity contribution in [3.8, 4) is 0 Å². The molecule has 76 valence electrons. The van der Waals surface area contributed by atoms with E-state index in [1.807, 2.05) is 12.1 Å². The normalized spacial score (nSPS) is 18.9. The van der Waals surface area contributed by atoms with Gasteiger partial charge in [0.25, 0.3) is 0 Å². The Morgan fingerprint density at radius 2 is 2.50 bits per heavy atom. The lowest BCUT2D eigenvalue weighted by atomic mass is 10.4. The average Bonchev–Trinajstić information content (AvgIpc) is 2.64. The van der Waals surface area contributed by atoms with Crippen LogP contribution in [0.1, 0.15) is 5.76 Å². The first-order valence-electron chi connectivity index (χ1n) is 4.38. The summed E-state index contributed by atoms with van der Waals surface area (Å²) in [5.41, 5.74) is 0. The predicted octanol–water partition coefficient (Wildman–Crippen LogP) is 1.96. The Morgan fingerprint density at radius 3 is 3.21 bits per heavy atom. The van der Waals surface area contributed by atoms with Crippen molar-refractivity contribution in [1.82, 2.24) is 9.80 Å². The molecule has 1 aliphatic heterocycles. The van der Waals surface area contributed by atoms with E-state index < -0.39 is 0 Å². The van der Waals surface area contributed by atoms with Gasteiger partial charge in [0.05, 0.1) is 25.4 Å². The van der Waals surface area contributed by atoms with E-state index in [1.165, 1.54) is 0 Å². The van der Waals surface area contributed by atoms with Gasteiger partial charge in [-0.05, 0) is 19.2 Å². The quantitative estimate of drug-likeness (QED) is 0.719. The first-order chi connectivity index (χ1) is 6.75. The Balaban J connectivity index is 1.99. The second kappa shape index (κ2) is 4.33. The lowest BCUT2D eigenvalue weighted by molar-refractivity contribution is 0.232. The minimum Gasteiger partial charge on any atom is -0.467 e. The molecule has 2 rings (SSSR count). The maximum Gasteiger partial charge on any atom is 0.139 e. The summed E-state index contributed by atoms with van der Waals surface area (Å²) in [7, 11) is 2.09. The van der Waals surface area contributed by atoms with Crippen LogP contribution in [0.25, 0.3) is 0 Å². The van der Waals surface area contributed by atoms with Gasteiger partial charge in [0.2, 0.25) is 0 Å². The number of rotatable bonds is 2. The van der Waals surface area contributed by atoms with Gasteiger partial charge in [0.15, 0.2) is 0 Å². The lowest BCUT2D eigenvalue weighted by Gasteiger charge is -2.33. The van der Waals surface area contributed by atoms with E-state index in [1.54, 1.807) is 18.0 Å². The van der Waals surface area contributed by atoms with Crippen LogP contribution in [0.4, 0.5) is 0 Å². The van der Waals surface area contributed by atoms with Gasteiger partial charge in [-0.15, -0.1) is 0 Å². The van der Waals surface area contributed by atoms with Crippen molar-refractivity contribution in [2.75, 3.05) is 19.6 Å². The van der Waals surface area contributed by atoms with Gasteiger partial charge >= 0.3 is 0 Å². The van der Waals surface area contributed by atoms with Crippen molar-refractivity contribution < 1.29 is 4.42 Å². The largest absolute Gasteiger partial charge is 0.467 e. The molecule has 0 radical (unpaired) electrons. The molecule has 14 heavy (non-hydrogen) atoms. The van der Waals surface area contributed by atoms with Gasteiger partial charge in [-0.3, -0.25) is 4.90 Å². The summed E-state index contributed by atoms with van der Waals surface area (Å²) >= 11 is 6.97. The molecular weight excluding hydrogens is 216 g/mol. The molecule has 5 heteroatoms. The van der Waals surface area contributed by atoms with Crippen molar-refractivity contribution in [1.29, 1.82) is 0 Å². The Labute approximate surface area is 93.0 Å². The average molecular weight is 228 g/mol. The minimum absolute atomic E-state index is 0.767. The molecule has 3 nitrogen and oxygen atoms in total. The summed E-state index contributed by atoms with van der Waals surface area (Å²) in [5.74, 6) is 1.94. The van der Waals surface area contributed by atoms with E-state index in [0.717, 1.165) is 29.2 Å². The molecule has 1 fully saturated rings. The Morgan fingerprint density at radius 1 is 1.64 bits per heavy atom. The number of hydrogen-bond acceptors (Lipinski definition) is 4. The summed E-state index contributed by atoms with van der Waals surface area (Å²) in [6.07, 6.45) is 1.69. The fourth-order valence-electron chi connectivity index (χ4n) is 1.35. The number of nitrogens with zero attached hydrogens (tertiary/aromatic N) is 2. The molecule has 0 aliphatic carbocycles. The zero-order chi connectivity index (χ0) is 9.97. The van der Waals surface area contributed by atoms with Gasteiger partial charge in [-0.2, -0.15) is 0 Å². The van der Waals surface area contributed by atoms with Crippen molar-refractivity contribution in [2.24, 2.45) is 0 Å². The highest BCUT2D eigenvalue weighted by molar-refractivity contribution is 8.22. The molecule has 1 aromatic heterocycles. The van der Waals surface area contributed by atoms with E-state index >= 15 is 0 Å². The first-order valence-corrected chi connectivity index (χ1v) is 5.78. The third-order valence-electron chi connectivity index (χ3n) is 2.01. The molecule has 1 aliphatic rings. The molecule has 0 saturated carbocycles. The number of thiocarbonyl (C=S) groups is 1. The topological polar surface area (TPSA) is 19.6 Å². The number of furan rings is 1. The second-order valence-electron chi connectivity index (χ2n) is 3.31. The molecule has 0 aromatic carbocycles. The summed E-state index contributed by atoms with van der Waals surface area (Å²) in [4.78, 5) is 4.37. The van der Waals surface area contributed by atoms with Crippen molar-refractivity contribution in [3.63, 3.8) is 0 Å². The SMILES string of the molecule is CN1CSC(=S)N(Cc2ccco2)C1. The third kappa shape index (κ3) is 2.29. The number of hydrogen-bond donors (Lipinski definition) is 0. The monoisotopic (exact) mass is 228 g/mol. The van der Waals surface area contributed by atoms with Crippen LogP contribution in [0.2, 0.25) is 0 Å². The van der Waals surface area contributed by atoms with Gasteiger partial charge < -0.3 is 9.32 Å². The number of thioether (sulfide) groups is 1. The van der Waals surface area contributed by atoms with Gasteiger partial charge in [0.1, 0.15) is 10.1 Å². The molecule has 0 bridgehead atoms. The smallest absolute Gasteiger partial charge is 0.139 e. The zero-order valence-corrected chi connectivity index (χ0v) is 9.61. The third-order valence-corrected chi connectivity index (χ3v) is 3.69. The van der Waals surface area contributed by atoms with Crippen molar-refractivity contribution in [3.05, 3.63) is 24.2 Å². The molecule has 1 saturated heterocycles. The fourth-order valence-corrected chi connectivity index (χ4v) is 2.35. The van der Waals surface area contributed by atoms with Gasteiger partial charge in [-0.1, -0.05) is 24.0 Å². The summed E-state index contributed by atoms with van der Waals surface area (Å²) < 4.78 is 6.25. The Bertz CT molecular complexity index is 313. The lowest BCUT2D eigenvalue weighted by Crippen LogP contribution is -2.42. The van der Waals surface area contributed by atoms with E-state index in [4.69, 9.17) is 16.6 Å². The highest BCUT2D eigenvalue weighted by atomic mass is 32.2. The molecule has 0 amide bonds. The minimum atomic E-state index is 0.767.